The van der Waals surface area contributed by atoms with Gasteiger partial charge in [0.15, 0.2) is 5.96 Å². The number of aromatic nitrogens is 2. The van der Waals surface area contributed by atoms with Gasteiger partial charge in [-0.2, -0.15) is 5.10 Å². The maximum Gasteiger partial charge on any atom is 0.191 e. The lowest BCUT2D eigenvalue weighted by atomic mass is 10.1. The van der Waals surface area contributed by atoms with Crippen molar-refractivity contribution < 1.29 is 4.42 Å². The number of guanidine groups is 1. The van der Waals surface area contributed by atoms with E-state index in [2.05, 4.69) is 51.9 Å². The summed E-state index contributed by atoms with van der Waals surface area (Å²) >= 11 is 0. The van der Waals surface area contributed by atoms with Crippen molar-refractivity contribution in [3.63, 3.8) is 0 Å². The number of nitrogens with zero attached hydrogens (tertiary/aromatic N) is 3. The summed E-state index contributed by atoms with van der Waals surface area (Å²) in [6, 6.07) is 12.4. The molecular weight excluding hydrogens is 465 g/mol. The number of aliphatic imine (C=N–C) groups is 1. The minimum absolute atomic E-state index is 0. The summed E-state index contributed by atoms with van der Waals surface area (Å²) in [7, 11) is 0. The summed E-state index contributed by atoms with van der Waals surface area (Å²) in [6.07, 6.45) is 4.65. The van der Waals surface area contributed by atoms with Gasteiger partial charge in [-0.25, -0.2) is 9.67 Å². The molecule has 150 valence electrons. The van der Waals surface area contributed by atoms with Gasteiger partial charge in [-0.3, -0.25) is 0 Å². The molecule has 0 aliphatic carbocycles. The minimum Gasteiger partial charge on any atom is -0.466 e. The molecule has 0 unspecified atom stereocenters. The van der Waals surface area contributed by atoms with Crippen molar-refractivity contribution in [2.24, 2.45) is 4.99 Å². The van der Waals surface area contributed by atoms with Gasteiger partial charge in [-0.15, -0.1) is 24.0 Å². The Morgan fingerprint density at radius 2 is 1.96 bits per heavy atom. The highest BCUT2D eigenvalue weighted by Crippen LogP contribution is 2.14. The first-order chi connectivity index (χ1) is 13.2. The Kier molecular flexibility index (Phi) is 8.56. The summed E-state index contributed by atoms with van der Waals surface area (Å²) in [5.41, 5.74) is 3.46. The highest BCUT2D eigenvalue weighted by molar-refractivity contribution is 14.0. The van der Waals surface area contributed by atoms with Crippen LogP contribution in [-0.4, -0.2) is 28.8 Å². The van der Waals surface area contributed by atoms with Crippen LogP contribution in [0.1, 0.15) is 29.6 Å². The van der Waals surface area contributed by atoms with E-state index in [1.165, 1.54) is 5.56 Å². The SMILES string of the molecule is CCNC(=NCc1cc(C)oc1C)NCCc1ccc(-n2cccn2)cc1.I. The van der Waals surface area contributed by atoms with E-state index in [1.54, 1.807) is 6.20 Å². The van der Waals surface area contributed by atoms with Crippen molar-refractivity contribution in [3.8, 4) is 5.69 Å². The molecule has 0 aliphatic rings. The molecule has 0 fully saturated rings. The molecule has 2 N–H and O–H groups in total. The molecule has 0 saturated heterocycles. The van der Waals surface area contributed by atoms with Crippen LogP contribution in [0.2, 0.25) is 0 Å². The molecule has 3 rings (SSSR count). The minimum atomic E-state index is 0. The summed E-state index contributed by atoms with van der Waals surface area (Å²) in [5.74, 6) is 2.68. The summed E-state index contributed by atoms with van der Waals surface area (Å²) in [4.78, 5) is 4.66. The molecule has 0 spiro atoms. The molecule has 3 aromatic rings. The van der Waals surface area contributed by atoms with Crippen LogP contribution in [0, 0.1) is 13.8 Å². The van der Waals surface area contributed by atoms with Crippen LogP contribution in [-0.2, 0) is 13.0 Å². The topological polar surface area (TPSA) is 67.4 Å². The molecule has 1 aromatic carbocycles. The van der Waals surface area contributed by atoms with Crippen LogP contribution in [0.3, 0.4) is 0 Å². The number of aryl methyl sites for hydroxylation is 2. The fraction of sp³-hybridized carbons (Fsp3) is 0.333. The molecule has 2 aromatic heterocycles. The van der Waals surface area contributed by atoms with E-state index in [-0.39, 0.29) is 24.0 Å². The van der Waals surface area contributed by atoms with E-state index in [9.17, 15) is 0 Å². The molecule has 0 amide bonds. The van der Waals surface area contributed by atoms with Gasteiger partial charge >= 0.3 is 0 Å². The van der Waals surface area contributed by atoms with Crippen LogP contribution in [0.15, 0.2) is 58.2 Å². The predicted octanol–water partition coefficient (Wildman–Crippen LogP) is 4.00. The molecule has 0 bridgehead atoms. The van der Waals surface area contributed by atoms with E-state index in [0.29, 0.717) is 6.54 Å². The fourth-order valence-electron chi connectivity index (χ4n) is 2.91. The van der Waals surface area contributed by atoms with E-state index >= 15 is 0 Å². The smallest absolute Gasteiger partial charge is 0.191 e. The van der Waals surface area contributed by atoms with Gasteiger partial charge in [0, 0.05) is 31.0 Å². The quantitative estimate of drug-likeness (QED) is 0.297. The van der Waals surface area contributed by atoms with Gasteiger partial charge in [-0.05, 0) is 57.0 Å². The summed E-state index contributed by atoms with van der Waals surface area (Å²) < 4.78 is 7.42. The van der Waals surface area contributed by atoms with Gasteiger partial charge in [0.25, 0.3) is 0 Å². The number of benzene rings is 1. The highest BCUT2D eigenvalue weighted by atomic mass is 127. The summed E-state index contributed by atoms with van der Waals surface area (Å²) in [5, 5.41) is 10.9. The molecule has 7 heteroatoms. The first-order valence-electron chi connectivity index (χ1n) is 9.32. The number of hydrogen-bond acceptors (Lipinski definition) is 3. The number of halogens is 1. The van der Waals surface area contributed by atoms with Gasteiger partial charge in [0.05, 0.1) is 12.2 Å². The molecule has 0 saturated carbocycles. The first-order valence-corrected chi connectivity index (χ1v) is 9.32. The van der Waals surface area contributed by atoms with Crippen molar-refractivity contribution in [2.45, 2.75) is 33.7 Å². The normalized spacial score (nSPS) is 11.2. The molecule has 0 atom stereocenters. The average Bonchev–Trinajstić information content (AvgIpc) is 3.30. The lowest BCUT2D eigenvalue weighted by Crippen LogP contribution is -2.38. The molecule has 2 heterocycles. The first kappa shape index (κ1) is 22.0. The third-order valence-corrected chi connectivity index (χ3v) is 4.31. The van der Waals surface area contributed by atoms with Gasteiger partial charge in [0.1, 0.15) is 11.5 Å². The second-order valence-corrected chi connectivity index (χ2v) is 6.43. The third-order valence-electron chi connectivity index (χ3n) is 4.31. The standard InChI is InChI=1S/C21H27N5O.HI/c1-4-22-21(24-15-19-14-16(2)27-17(19)3)23-12-10-18-6-8-20(9-7-18)26-13-5-11-25-26;/h5-9,11,13-14H,4,10,12,15H2,1-3H3,(H2,22,23,24);1H. The van der Waals surface area contributed by atoms with Gasteiger partial charge < -0.3 is 15.1 Å². The van der Waals surface area contributed by atoms with Crippen molar-refractivity contribution >= 4 is 29.9 Å². The van der Waals surface area contributed by atoms with Crippen LogP contribution < -0.4 is 10.6 Å². The Bertz CT molecular complexity index is 869. The number of rotatable bonds is 7. The van der Waals surface area contributed by atoms with Crippen molar-refractivity contribution in [1.29, 1.82) is 0 Å². The monoisotopic (exact) mass is 493 g/mol. The zero-order valence-corrected chi connectivity index (χ0v) is 18.9. The maximum atomic E-state index is 5.57. The molecule has 6 nitrogen and oxygen atoms in total. The third kappa shape index (κ3) is 6.12. The number of hydrogen-bond donors (Lipinski definition) is 2. The molecule has 0 radical (unpaired) electrons. The van der Waals surface area contributed by atoms with E-state index in [1.807, 2.05) is 36.9 Å². The Hall–Kier alpha value is -2.29. The lowest BCUT2D eigenvalue weighted by Gasteiger charge is -2.11. The fourth-order valence-corrected chi connectivity index (χ4v) is 2.91. The molecule has 0 aliphatic heterocycles. The zero-order valence-electron chi connectivity index (χ0n) is 16.6. The second kappa shape index (κ2) is 10.9. The predicted molar refractivity (Wildman–Crippen MR) is 124 cm³/mol. The largest absolute Gasteiger partial charge is 0.466 e. The Balaban J connectivity index is 0.00000280. The lowest BCUT2D eigenvalue weighted by molar-refractivity contribution is 0.501. The molecular formula is C21H28IN5O. The van der Waals surface area contributed by atoms with Gasteiger partial charge in [-0.1, -0.05) is 12.1 Å². The number of furan rings is 1. The Labute approximate surface area is 183 Å². The highest BCUT2D eigenvalue weighted by Gasteiger charge is 2.05. The molecule has 28 heavy (non-hydrogen) atoms. The van der Waals surface area contributed by atoms with Crippen LogP contribution >= 0.6 is 24.0 Å². The Morgan fingerprint density at radius 1 is 1.18 bits per heavy atom. The van der Waals surface area contributed by atoms with Crippen molar-refractivity contribution in [3.05, 3.63) is 71.4 Å². The van der Waals surface area contributed by atoms with Gasteiger partial charge in [0.2, 0.25) is 0 Å². The summed E-state index contributed by atoms with van der Waals surface area (Å²) in [6.45, 7) is 8.26. The van der Waals surface area contributed by atoms with Crippen LogP contribution in [0.4, 0.5) is 0 Å². The zero-order chi connectivity index (χ0) is 19.1. The maximum absolute atomic E-state index is 5.57. The average molecular weight is 493 g/mol. The van der Waals surface area contributed by atoms with Crippen LogP contribution in [0.5, 0.6) is 0 Å². The van der Waals surface area contributed by atoms with Crippen molar-refractivity contribution in [2.75, 3.05) is 13.1 Å². The second-order valence-electron chi connectivity index (χ2n) is 6.43. The number of nitrogens with one attached hydrogen (secondary N) is 2. The Morgan fingerprint density at radius 3 is 2.57 bits per heavy atom. The van der Waals surface area contributed by atoms with E-state index < -0.39 is 0 Å². The van der Waals surface area contributed by atoms with Crippen molar-refractivity contribution in [1.82, 2.24) is 20.4 Å². The van der Waals surface area contributed by atoms with E-state index in [0.717, 1.165) is 48.2 Å². The van der Waals surface area contributed by atoms with E-state index in [4.69, 9.17) is 4.42 Å². The van der Waals surface area contributed by atoms with Crippen LogP contribution in [0.25, 0.3) is 5.69 Å².